The predicted molar refractivity (Wildman–Crippen MR) is 120 cm³/mol. The molecule has 176 valence electrons. The normalized spacial score (nSPS) is 23.2. The first-order valence-corrected chi connectivity index (χ1v) is 13.2. The number of hydrogen-bond acceptors (Lipinski definition) is 5. The third-order valence-electron chi connectivity index (χ3n) is 6.44. The van der Waals surface area contributed by atoms with Crippen LogP contribution in [0.1, 0.15) is 48.9 Å². The minimum Gasteiger partial charge on any atom is -0.368 e. The second-order valence-corrected chi connectivity index (χ2v) is 10.9. The highest BCUT2D eigenvalue weighted by atomic mass is 35.5. The van der Waals surface area contributed by atoms with Gasteiger partial charge in [-0.05, 0) is 43.9 Å². The van der Waals surface area contributed by atoms with Crippen molar-refractivity contribution in [3.8, 4) is 0 Å². The molecule has 0 radical (unpaired) electrons. The number of benzene rings is 1. The van der Waals surface area contributed by atoms with E-state index >= 15 is 0 Å². The molecule has 1 aromatic carbocycles. The number of amides is 2. The third kappa shape index (κ3) is 4.95. The van der Waals surface area contributed by atoms with Crippen LogP contribution >= 0.6 is 11.6 Å². The molecule has 0 bridgehead atoms. The van der Waals surface area contributed by atoms with Crippen molar-refractivity contribution >= 4 is 33.4 Å². The van der Waals surface area contributed by atoms with Crippen LogP contribution in [0, 0.1) is 0 Å². The van der Waals surface area contributed by atoms with Crippen LogP contribution in [0.2, 0.25) is 5.02 Å². The van der Waals surface area contributed by atoms with Gasteiger partial charge in [-0.15, -0.1) is 0 Å². The Balaban J connectivity index is 1.45. The molecule has 8 nitrogen and oxygen atoms in total. The Morgan fingerprint density at radius 3 is 2.19 bits per heavy atom. The average Bonchev–Trinajstić information content (AvgIpc) is 3.20. The maximum atomic E-state index is 13.2. The molecule has 1 atom stereocenters. The topological polar surface area (TPSA) is 87.2 Å². The number of ether oxygens (including phenoxy) is 1. The molecule has 3 heterocycles. The van der Waals surface area contributed by atoms with Crippen molar-refractivity contribution in [2.75, 3.05) is 45.9 Å². The second kappa shape index (κ2) is 10.1. The Hall–Kier alpha value is -1.68. The van der Waals surface area contributed by atoms with Crippen LogP contribution in [0.15, 0.2) is 23.1 Å². The lowest BCUT2D eigenvalue weighted by molar-refractivity contribution is -0.142. The van der Waals surface area contributed by atoms with Crippen molar-refractivity contribution in [1.29, 1.82) is 0 Å². The maximum Gasteiger partial charge on any atom is 0.254 e. The number of rotatable bonds is 4. The Kier molecular flexibility index (Phi) is 7.39. The zero-order valence-corrected chi connectivity index (χ0v) is 19.7. The fraction of sp³-hybridized carbons (Fsp3) is 0.636. The lowest BCUT2D eigenvalue weighted by Gasteiger charge is -2.35. The van der Waals surface area contributed by atoms with Crippen LogP contribution < -0.4 is 0 Å². The summed E-state index contributed by atoms with van der Waals surface area (Å²) in [6, 6.07) is 4.45. The highest BCUT2D eigenvalue weighted by molar-refractivity contribution is 7.89. The van der Waals surface area contributed by atoms with Gasteiger partial charge in [0.25, 0.3) is 11.8 Å². The van der Waals surface area contributed by atoms with Gasteiger partial charge in [0.15, 0.2) is 0 Å². The van der Waals surface area contributed by atoms with Gasteiger partial charge in [-0.25, -0.2) is 8.42 Å². The molecule has 1 unspecified atom stereocenters. The lowest BCUT2D eigenvalue weighted by Crippen LogP contribution is -2.52. The van der Waals surface area contributed by atoms with E-state index in [2.05, 4.69) is 0 Å². The molecule has 0 aliphatic carbocycles. The van der Waals surface area contributed by atoms with E-state index in [0.717, 1.165) is 38.5 Å². The van der Waals surface area contributed by atoms with E-state index in [1.54, 1.807) is 15.9 Å². The van der Waals surface area contributed by atoms with E-state index in [9.17, 15) is 18.0 Å². The summed E-state index contributed by atoms with van der Waals surface area (Å²) in [6.07, 6.45) is 4.96. The van der Waals surface area contributed by atoms with Crippen molar-refractivity contribution in [1.82, 2.24) is 14.1 Å². The van der Waals surface area contributed by atoms with E-state index in [1.807, 2.05) is 0 Å². The number of halogens is 1. The van der Waals surface area contributed by atoms with Gasteiger partial charge in [0.05, 0.1) is 5.02 Å². The van der Waals surface area contributed by atoms with Crippen molar-refractivity contribution in [3.63, 3.8) is 0 Å². The van der Waals surface area contributed by atoms with E-state index in [1.165, 1.54) is 16.4 Å². The van der Waals surface area contributed by atoms with Gasteiger partial charge in [0, 0.05) is 51.4 Å². The molecule has 1 aromatic rings. The van der Waals surface area contributed by atoms with E-state index < -0.39 is 10.0 Å². The van der Waals surface area contributed by atoms with Gasteiger partial charge in [0.1, 0.15) is 11.0 Å². The molecule has 2 amide bonds. The minimum absolute atomic E-state index is 0.00748. The van der Waals surface area contributed by atoms with Gasteiger partial charge < -0.3 is 14.5 Å². The third-order valence-corrected chi connectivity index (χ3v) is 8.82. The number of nitrogens with zero attached hydrogens (tertiary/aromatic N) is 3. The minimum atomic E-state index is -3.77. The Labute approximate surface area is 194 Å². The summed E-state index contributed by atoms with van der Waals surface area (Å²) in [7, 11) is -3.77. The summed E-state index contributed by atoms with van der Waals surface area (Å²) in [6.45, 7) is 3.24. The second-order valence-electron chi connectivity index (χ2n) is 8.58. The lowest BCUT2D eigenvalue weighted by atomic mass is 10.1. The van der Waals surface area contributed by atoms with Gasteiger partial charge in [-0.3, -0.25) is 9.59 Å². The molecule has 0 spiro atoms. The van der Waals surface area contributed by atoms with Gasteiger partial charge in [0.2, 0.25) is 10.0 Å². The zero-order valence-electron chi connectivity index (χ0n) is 18.2. The molecule has 3 saturated heterocycles. The quantitative estimate of drug-likeness (QED) is 0.656. The predicted octanol–water partition coefficient (Wildman–Crippen LogP) is 2.37. The van der Waals surface area contributed by atoms with Crippen LogP contribution in [0.25, 0.3) is 0 Å². The average molecular weight is 484 g/mol. The largest absolute Gasteiger partial charge is 0.368 e. The smallest absolute Gasteiger partial charge is 0.254 e. The first-order chi connectivity index (χ1) is 15.4. The van der Waals surface area contributed by atoms with Gasteiger partial charge >= 0.3 is 0 Å². The molecule has 4 rings (SSSR count). The van der Waals surface area contributed by atoms with Crippen molar-refractivity contribution in [2.45, 2.75) is 49.5 Å². The number of hydrogen-bond donors (Lipinski definition) is 0. The first-order valence-electron chi connectivity index (χ1n) is 11.4. The molecule has 3 fully saturated rings. The molecule has 0 saturated carbocycles. The summed E-state index contributed by atoms with van der Waals surface area (Å²) in [5.41, 5.74) is 0.293. The van der Waals surface area contributed by atoms with E-state index in [4.69, 9.17) is 16.3 Å². The van der Waals surface area contributed by atoms with Gasteiger partial charge in [-0.2, -0.15) is 4.31 Å². The Morgan fingerprint density at radius 1 is 0.906 bits per heavy atom. The molecule has 0 aromatic heterocycles. The van der Waals surface area contributed by atoms with E-state index in [0.29, 0.717) is 51.4 Å². The highest BCUT2D eigenvalue weighted by Crippen LogP contribution is 2.28. The molecular weight excluding hydrogens is 454 g/mol. The standard InChI is InChI=1S/C22H30ClN3O5S/c23-18-8-7-17(16-20(18)32(29,30)26-9-3-1-2-4-10-26)21(27)24-11-13-25(14-12-24)22(28)19-6-5-15-31-19/h7-8,16,19H,1-6,9-15H2. The fourth-order valence-electron chi connectivity index (χ4n) is 4.54. The monoisotopic (exact) mass is 483 g/mol. The summed E-state index contributed by atoms with van der Waals surface area (Å²) >= 11 is 6.26. The van der Waals surface area contributed by atoms with Crippen LogP contribution in [0.5, 0.6) is 0 Å². The molecule has 3 aliphatic rings. The number of piperazine rings is 1. The maximum absolute atomic E-state index is 13.2. The van der Waals surface area contributed by atoms with Crippen molar-refractivity contribution in [2.24, 2.45) is 0 Å². The molecular formula is C22H30ClN3O5S. The Bertz CT molecular complexity index is 948. The zero-order chi connectivity index (χ0) is 22.7. The van der Waals surface area contributed by atoms with Crippen LogP contribution in [-0.4, -0.2) is 86.3 Å². The van der Waals surface area contributed by atoms with Crippen LogP contribution in [-0.2, 0) is 19.6 Å². The number of carbonyl (C=O) groups is 2. The van der Waals surface area contributed by atoms with Crippen LogP contribution in [0.4, 0.5) is 0 Å². The molecule has 3 aliphatic heterocycles. The number of sulfonamides is 1. The summed E-state index contributed by atoms with van der Waals surface area (Å²) in [5.74, 6) is -0.259. The first kappa shape index (κ1) is 23.5. The molecule has 0 N–H and O–H groups in total. The molecule has 32 heavy (non-hydrogen) atoms. The Morgan fingerprint density at radius 2 is 1.56 bits per heavy atom. The SMILES string of the molecule is O=C(c1ccc(Cl)c(S(=O)(=O)N2CCCCCC2)c1)N1CCN(C(=O)C2CCCO2)CC1. The fourth-order valence-corrected chi connectivity index (χ4v) is 6.56. The van der Waals surface area contributed by atoms with Crippen molar-refractivity contribution in [3.05, 3.63) is 28.8 Å². The van der Waals surface area contributed by atoms with Crippen LogP contribution in [0.3, 0.4) is 0 Å². The highest BCUT2D eigenvalue weighted by Gasteiger charge is 2.33. The molecule has 10 heteroatoms. The van der Waals surface area contributed by atoms with Gasteiger partial charge in [-0.1, -0.05) is 24.4 Å². The summed E-state index contributed by atoms with van der Waals surface area (Å²) < 4.78 is 33.4. The number of carbonyl (C=O) groups excluding carboxylic acids is 2. The van der Waals surface area contributed by atoms with Crippen molar-refractivity contribution < 1.29 is 22.7 Å². The summed E-state index contributed by atoms with van der Waals surface area (Å²) in [5, 5.41) is 0.123. The van der Waals surface area contributed by atoms with E-state index in [-0.39, 0.29) is 27.8 Å². The summed E-state index contributed by atoms with van der Waals surface area (Å²) in [4.78, 5) is 29.0.